The van der Waals surface area contributed by atoms with Crippen molar-refractivity contribution in [2.75, 3.05) is 5.32 Å². The molecule has 0 fully saturated rings. The predicted molar refractivity (Wildman–Crippen MR) is 63.3 cm³/mol. The van der Waals surface area contributed by atoms with Gasteiger partial charge in [0.2, 0.25) is 0 Å². The van der Waals surface area contributed by atoms with Crippen LogP contribution in [0, 0.1) is 5.82 Å². The molecule has 2 amide bonds. The number of nitrogens with one attached hydrogen (secondary N) is 2. The Hall–Kier alpha value is -1.91. The summed E-state index contributed by atoms with van der Waals surface area (Å²) in [5.41, 5.74) is 0.0844. The summed E-state index contributed by atoms with van der Waals surface area (Å²) in [6.07, 6.45) is 0.348. The molecule has 1 unspecified atom stereocenters. The number of halogens is 1. The first kappa shape index (κ1) is 13.2. The van der Waals surface area contributed by atoms with Crippen LogP contribution < -0.4 is 10.6 Å². The highest BCUT2D eigenvalue weighted by Crippen LogP contribution is 2.11. The Labute approximate surface area is 99.2 Å². The van der Waals surface area contributed by atoms with E-state index in [1.165, 1.54) is 18.2 Å². The minimum absolute atomic E-state index is 0.0753. The summed E-state index contributed by atoms with van der Waals surface area (Å²) in [4.78, 5) is 22.7. The van der Waals surface area contributed by atoms with Gasteiger partial charge in [-0.3, -0.25) is 4.79 Å². The number of hydrogen-bond donors (Lipinski definition) is 2. The summed E-state index contributed by atoms with van der Waals surface area (Å²) in [7, 11) is 0. The van der Waals surface area contributed by atoms with Crippen molar-refractivity contribution in [3.63, 3.8) is 0 Å². The van der Waals surface area contributed by atoms with Crippen LogP contribution in [0.1, 0.15) is 20.3 Å². The number of anilines is 1. The van der Waals surface area contributed by atoms with Crippen LogP contribution in [-0.2, 0) is 4.79 Å². The first-order valence-electron chi connectivity index (χ1n) is 5.39. The van der Waals surface area contributed by atoms with E-state index in [1.54, 1.807) is 19.9 Å². The van der Waals surface area contributed by atoms with E-state index in [-0.39, 0.29) is 11.5 Å². The van der Waals surface area contributed by atoms with Gasteiger partial charge in [-0.15, -0.1) is 0 Å². The van der Waals surface area contributed by atoms with Gasteiger partial charge in [0.1, 0.15) is 5.82 Å². The Morgan fingerprint density at radius 3 is 2.59 bits per heavy atom. The quantitative estimate of drug-likeness (QED) is 0.845. The summed E-state index contributed by atoms with van der Waals surface area (Å²) < 4.78 is 13.2. The maximum Gasteiger partial charge on any atom is 0.319 e. The van der Waals surface area contributed by atoms with E-state index in [4.69, 9.17) is 0 Å². The molecule has 0 bridgehead atoms. The monoisotopic (exact) mass is 238 g/mol. The van der Waals surface area contributed by atoms with Gasteiger partial charge < -0.3 is 10.6 Å². The number of hydrogen-bond acceptors (Lipinski definition) is 2. The minimum Gasteiger partial charge on any atom is -0.328 e. The van der Waals surface area contributed by atoms with Crippen molar-refractivity contribution in [2.24, 2.45) is 0 Å². The van der Waals surface area contributed by atoms with Gasteiger partial charge in [-0.25, -0.2) is 9.18 Å². The summed E-state index contributed by atoms with van der Waals surface area (Å²) in [5, 5.41) is 4.78. The number of para-hydroxylation sites is 1. The molecular weight excluding hydrogens is 223 g/mol. The second-order valence-electron chi connectivity index (χ2n) is 3.62. The molecule has 0 aromatic heterocycles. The van der Waals surface area contributed by atoms with E-state index in [0.29, 0.717) is 6.42 Å². The summed E-state index contributed by atoms with van der Waals surface area (Å²) in [6.45, 7) is 3.31. The SMILES string of the molecule is CCC(=O)C(C)NC(=O)Nc1ccccc1F. The first-order chi connectivity index (χ1) is 8.04. The van der Waals surface area contributed by atoms with Crippen LogP contribution in [-0.4, -0.2) is 17.9 Å². The molecule has 2 N–H and O–H groups in total. The molecule has 4 nitrogen and oxygen atoms in total. The van der Waals surface area contributed by atoms with Crippen LogP contribution in [0.15, 0.2) is 24.3 Å². The maximum absolute atomic E-state index is 13.2. The van der Waals surface area contributed by atoms with E-state index >= 15 is 0 Å². The molecule has 0 aliphatic heterocycles. The third-order valence-electron chi connectivity index (χ3n) is 2.30. The van der Waals surface area contributed by atoms with Gasteiger partial charge in [0.05, 0.1) is 11.7 Å². The molecular formula is C12H15FN2O2. The van der Waals surface area contributed by atoms with Crippen molar-refractivity contribution in [3.8, 4) is 0 Å². The molecule has 0 saturated heterocycles. The Bertz CT molecular complexity index is 421. The van der Waals surface area contributed by atoms with Crippen molar-refractivity contribution in [3.05, 3.63) is 30.1 Å². The molecule has 0 aliphatic carbocycles. The third kappa shape index (κ3) is 3.86. The van der Waals surface area contributed by atoms with Crippen molar-refractivity contribution >= 4 is 17.5 Å². The predicted octanol–water partition coefficient (Wildman–Crippen LogP) is 2.31. The fraction of sp³-hybridized carbons (Fsp3) is 0.333. The average molecular weight is 238 g/mol. The molecule has 1 aromatic carbocycles. The van der Waals surface area contributed by atoms with E-state index in [9.17, 15) is 14.0 Å². The molecule has 0 aliphatic rings. The molecule has 92 valence electrons. The summed E-state index contributed by atoms with van der Waals surface area (Å²) in [6, 6.07) is 4.66. The van der Waals surface area contributed by atoms with Gasteiger partial charge in [-0.05, 0) is 19.1 Å². The molecule has 17 heavy (non-hydrogen) atoms. The lowest BCUT2D eigenvalue weighted by Crippen LogP contribution is -2.40. The summed E-state index contributed by atoms with van der Waals surface area (Å²) >= 11 is 0. The number of Topliss-reactive ketones (excluding diaryl/α,β-unsaturated/α-hetero) is 1. The molecule has 1 atom stereocenters. The van der Waals surface area contributed by atoms with E-state index < -0.39 is 17.9 Å². The van der Waals surface area contributed by atoms with Gasteiger partial charge in [-0.1, -0.05) is 19.1 Å². The number of amides is 2. The zero-order valence-electron chi connectivity index (χ0n) is 9.79. The fourth-order valence-electron chi connectivity index (χ4n) is 1.30. The maximum atomic E-state index is 13.2. The van der Waals surface area contributed by atoms with Gasteiger partial charge in [0.15, 0.2) is 5.78 Å². The topological polar surface area (TPSA) is 58.2 Å². The number of carbonyl (C=O) groups excluding carboxylic acids is 2. The molecule has 1 rings (SSSR count). The van der Waals surface area contributed by atoms with Crippen molar-refractivity contribution < 1.29 is 14.0 Å². The smallest absolute Gasteiger partial charge is 0.319 e. The van der Waals surface area contributed by atoms with Crippen LogP contribution in [0.5, 0.6) is 0 Å². The van der Waals surface area contributed by atoms with Gasteiger partial charge in [0, 0.05) is 6.42 Å². The van der Waals surface area contributed by atoms with Crippen molar-refractivity contribution in [2.45, 2.75) is 26.3 Å². The highest BCUT2D eigenvalue weighted by Gasteiger charge is 2.14. The highest BCUT2D eigenvalue weighted by atomic mass is 19.1. The van der Waals surface area contributed by atoms with E-state index in [2.05, 4.69) is 10.6 Å². The van der Waals surface area contributed by atoms with Gasteiger partial charge in [-0.2, -0.15) is 0 Å². The Kier molecular flexibility index (Phi) is 4.63. The minimum atomic E-state index is -0.593. The molecule has 0 radical (unpaired) electrons. The molecule has 0 spiro atoms. The largest absolute Gasteiger partial charge is 0.328 e. The first-order valence-corrected chi connectivity index (χ1v) is 5.39. The molecule has 0 heterocycles. The molecule has 1 aromatic rings. The lowest BCUT2D eigenvalue weighted by Gasteiger charge is -2.13. The number of ketones is 1. The van der Waals surface area contributed by atoms with Crippen LogP contribution in [0.25, 0.3) is 0 Å². The normalized spacial score (nSPS) is 11.7. The zero-order valence-corrected chi connectivity index (χ0v) is 9.79. The highest BCUT2D eigenvalue weighted by molar-refractivity contribution is 5.94. The van der Waals surface area contributed by atoms with Gasteiger partial charge >= 0.3 is 6.03 Å². The number of urea groups is 1. The number of benzene rings is 1. The molecule has 0 saturated carbocycles. The molecule has 5 heteroatoms. The second kappa shape index (κ2) is 5.98. The van der Waals surface area contributed by atoms with E-state index in [0.717, 1.165) is 0 Å². The standard InChI is InChI=1S/C12H15FN2O2/c1-3-11(16)8(2)14-12(17)15-10-7-5-4-6-9(10)13/h4-8H,3H2,1-2H3,(H2,14,15,17). The Balaban J connectivity index is 2.56. The average Bonchev–Trinajstić information content (AvgIpc) is 2.31. The third-order valence-corrected chi connectivity index (χ3v) is 2.30. The summed E-state index contributed by atoms with van der Waals surface area (Å²) in [5.74, 6) is -0.592. The second-order valence-corrected chi connectivity index (χ2v) is 3.62. The van der Waals surface area contributed by atoms with Crippen LogP contribution in [0.2, 0.25) is 0 Å². The van der Waals surface area contributed by atoms with Gasteiger partial charge in [0.25, 0.3) is 0 Å². The van der Waals surface area contributed by atoms with Crippen LogP contribution in [0.3, 0.4) is 0 Å². The van der Waals surface area contributed by atoms with E-state index in [1.807, 2.05) is 0 Å². The lowest BCUT2D eigenvalue weighted by atomic mass is 10.2. The number of carbonyl (C=O) groups is 2. The fourth-order valence-corrected chi connectivity index (χ4v) is 1.30. The zero-order chi connectivity index (χ0) is 12.8. The Morgan fingerprint density at radius 1 is 1.35 bits per heavy atom. The Morgan fingerprint density at radius 2 is 2.00 bits per heavy atom. The van der Waals surface area contributed by atoms with Crippen molar-refractivity contribution in [1.82, 2.24) is 5.32 Å². The van der Waals surface area contributed by atoms with Crippen LogP contribution in [0.4, 0.5) is 14.9 Å². The van der Waals surface area contributed by atoms with Crippen molar-refractivity contribution in [1.29, 1.82) is 0 Å². The number of rotatable bonds is 4. The lowest BCUT2D eigenvalue weighted by molar-refractivity contribution is -0.120. The van der Waals surface area contributed by atoms with Crippen LogP contribution >= 0.6 is 0 Å².